The Labute approximate surface area is 110 Å². The Balaban J connectivity index is 4.55. The zero-order chi connectivity index (χ0) is 13.0. The fourth-order valence-corrected chi connectivity index (χ4v) is 4.04. The van der Waals surface area contributed by atoms with Crippen molar-refractivity contribution >= 4 is 8.07 Å². The summed E-state index contributed by atoms with van der Waals surface area (Å²) < 4.78 is 0. The molecule has 0 rings (SSSR count). The van der Waals surface area contributed by atoms with Crippen LogP contribution in [0.2, 0.25) is 6.55 Å². The van der Waals surface area contributed by atoms with E-state index >= 15 is 0 Å². The van der Waals surface area contributed by atoms with Gasteiger partial charge in [0, 0.05) is 0 Å². The van der Waals surface area contributed by atoms with Gasteiger partial charge in [-0.15, -0.1) is 0 Å². The summed E-state index contributed by atoms with van der Waals surface area (Å²) in [4.78, 5) is 0. The van der Waals surface area contributed by atoms with Crippen molar-refractivity contribution in [1.29, 1.82) is 0 Å². The first-order valence-electron chi connectivity index (χ1n) is 7.21. The second kappa shape index (κ2) is 10.6. The molecule has 0 nitrogen and oxygen atoms in total. The van der Waals surface area contributed by atoms with Gasteiger partial charge in [0.15, 0.2) is 0 Å². The molecule has 1 heteroatoms. The Morgan fingerprint density at radius 3 is 1.18 bits per heavy atom. The molecular weight excluding hydrogens is 220 g/mol. The van der Waals surface area contributed by atoms with Crippen LogP contribution in [-0.2, 0) is 0 Å². The summed E-state index contributed by atoms with van der Waals surface area (Å²) in [5.74, 6) is 0. The van der Waals surface area contributed by atoms with Gasteiger partial charge in [0.05, 0.1) is 0 Å². The van der Waals surface area contributed by atoms with Crippen molar-refractivity contribution in [3.8, 4) is 0 Å². The molecule has 0 aliphatic carbocycles. The second-order valence-corrected chi connectivity index (χ2v) is 8.67. The molecule has 0 spiro atoms. The fourth-order valence-electron chi connectivity index (χ4n) is 1.68. The predicted octanol–water partition coefficient (Wildman–Crippen LogP) is 5.75. The molecule has 0 aromatic rings. The SMILES string of the molecule is CCCC=C[Si](C)(C=CCCC)C=CCCC. The van der Waals surface area contributed by atoms with E-state index in [0.717, 1.165) is 0 Å². The quantitative estimate of drug-likeness (QED) is 0.457. The Morgan fingerprint density at radius 1 is 0.647 bits per heavy atom. The van der Waals surface area contributed by atoms with Crippen LogP contribution in [0, 0.1) is 0 Å². The van der Waals surface area contributed by atoms with E-state index in [4.69, 9.17) is 0 Å². The van der Waals surface area contributed by atoms with Gasteiger partial charge in [-0.3, -0.25) is 0 Å². The van der Waals surface area contributed by atoms with E-state index in [9.17, 15) is 0 Å². The molecule has 0 heterocycles. The predicted molar refractivity (Wildman–Crippen MR) is 83.8 cm³/mol. The third-order valence-corrected chi connectivity index (χ3v) is 5.66. The van der Waals surface area contributed by atoms with Crippen molar-refractivity contribution < 1.29 is 0 Å². The van der Waals surface area contributed by atoms with Gasteiger partial charge < -0.3 is 0 Å². The smallest absolute Gasteiger partial charge is 0.0918 e. The van der Waals surface area contributed by atoms with Gasteiger partial charge in [0.1, 0.15) is 8.07 Å². The van der Waals surface area contributed by atoms with E-state index in [1.807, 2.05) is 0 Å². The van der Waals surface area contributed by atoms with E-state index in [0.29, 0.717) is 0 Å². The molecule has 0 aromatic heterocycles. The molecule has 0 fully saturated rings. The largest absolute Gasteiger partial charge is 0.122 e. The van der Waals surface area contributed by atoms with Crippen LogP contribution in [0.25, 0.3) is 0 Å². The molecule has 0 atom stereocenters. The van der Waals surface area contributed by atoms with E-state index in [1.54, 1.807) is 0 Å². The highest BCUT2D eigenvalue weighted by molar-refractivity contribution is 6.92. The van der Waals surface area contributed by atoms with Crippen molar-refractivity contribution in [2.75, 3.05) is 0 Å². The van der Waals surface area contributed by atoms with Crippen LogP contribution in [0.4, 0.5) is 0 Å². The Kier molecular flexibility index (Phi) is 10.2. The Bertz CT molecular complexity index is 207. The molecule has 0 saturated carbocycles. The fraction of sp³-hybridized carbons (Fsp3) is 0.625. The summed E-state index contributed by atoms with van der Waals surface area (Å²) >= 11 is 0. The lowest BCUT2D eigenvalue weighted by Gasteiger charge is -2.14. The first-order valence-corrected chi connectivity index (χ1v) is 9.94. The molecule has 98 valence electrons. The standard InChI is InChI=1S/C16H30Si/c1-5-8-11-14-17(4,15-12-9-6-2)16-13-10-7-3/h11-16H,5-10H2,1-4H3. The van der Waals surface area contributed by atoms with E-state index in [-0.39, 0.29) is 0 Å². The van der Waals surface area contributed by atoms with E-state index in [1.165, 1.54) is 38.5 Å². The van der Waals surface area contributed by atoms with Crippen molar-refractivity contribution in [2.24, 2.45) is 0 Å². The van der Waals surface area contributed by atoms with Crippen LogP contribution in [0.5, 0.6) is 0 Å². The maximum atomic E-state index is 2.48. The maximum Gasteiger partial charge on any atom is 0.122 e. The first kappa shape index (κ1) is 16.4. The molecular formula is C16H30Si. The molecule has 0 radical (unpaired) electrons. The number of unbranched alkanes of at least 4 members (excludes halogenated alkanes) is 3. The normalized spacial score (nSPS) is 16.2. The second-order valence-electron chi connectivity index (χ2n) is 4.94. The van der Waals surface area contributed by atoms with E-state index in [2.05, 4.69) is 62.6 Å². The highest BCUT2D eigenvalue weighted by Crippen LogP contribution is 2.12. The van der Waals surface area contributed by atoms with Crippen LogP contribution in [0.15, 0.2) is 35.3 Å². The minimum Gasteiger partial charge on any atom is -0.0918 e. The van der Waals surface area contributed by atoms with Crippen LogP contribution in [-0.4, -0.2) is 8.07 Å². The molecule has 0 aromatic carbocycles. The van der Waals surface area contributed by atoms with Gasteiger partial charge in [-0.2, -0.15) is 0 Å². The van der Waals surface area contributed by atoms with Gasteiger partial charge in [-0.25, -0.2) is 0 Å². The van der Waals surface area contributed by atoms with Gasteiger partial charge in [-0.1, -0.05) is 81.9 Å². The molecule has 0 saturated heterocycles. The van der Waals surface area contributed by atoms with Gasteiger partial charge in [0.2, 0.25) is 0 Å². The Morgan fingerprint density at radius 2 is 0.941 bits per heavy atom. The molecule has 0 bridgehead atoms. The zero-order valence-corrected chi connectivity index (χ0v) is 13.2. The summed E-state index contributed by atoms with van der Waals surface area (Å²) in [7, 11) is -1.40. The third kappa shape index (κ3) is 9.17. The third-order valence-electron chi connectivity index (χ3n) is 2.80. The van der Waals surface area contributed by atoms with Crippen LogP contribution in [0.3, 0.4) is 0 Å². The molecule has 0 aliphatic rings. The number of hydrogen-bond acceptors (Lipinski definition) is 0. The van der Waals surface area contributed by atoms with Crippen LogP contribution < -0.4 is 0 Å². The molecule has 17 heavy (non-hydrogen) atoms. The lowest BCUT2D eigenvalue weighted by Crippen LogP contribution is -2.22. The maximum absolute atomic E-state index is 2.48. The van der Waals surface area contributed by atoms with Gasteiger partial charge in [-0.05, 0) is 19.3 Å². The minimum atomic E-state index is -1.40. The number of rotatable bonds is 9. The summed E-state index contributed by atoms with van der Waals surface area (Å²) in [6.45, 7) is 9.15. The van der Waals surface area contributed by atoms with Crippen molar-refractivity contribution in [3.05, 3.63) is 35.3 Å². The Hall–Kier alpha value is -0.563. The summed E-state index contributed by atoms with van der Waals surface area (Å²) in [5.41, 5.74) is 7.44. The van der Waals surface area contributed by atoms with Gasteiger partial charge >= 0.3 is 0 Å². The lowest BCUT2D eigenvalue weighted by molar-refractivity contribution is 0.956. The highest BCUT2D eigenvalue weighted by atomic mass is 28.3. The van der Waals surface area contributed by atoms with E-state index < -0.39 is 8.07 Å². The van der Waals surface area contributed by atoms with Gasteiger partial charge in [0.25, 0.3) is 0 Å². The lowest BCUT2D eigenvalue weighted by atomic mass is 10.3. The monoisotopic (exact) mass is 250 g/mol. The molecule has 0 aliphatic heterocycles. The highest BCUT2D eigenvalue weighted by Gasteiger charge is 2.15. The average molecular weight is 251 g/mol. The van der Waals surface area contributed by atoms with Crippen molar-refractivity contribution in [1.82, 2.24) is 0 Å². The van der Waals surface area contributed by atoms with Crippen LogP contribution in [0.1, 0.15) is 59.3 Å². The zero-order valence-electron chi connectivity index (χ0n) is 12.2. The van der Waals surface area contributed by atoms with Crippen LogP contribution >= 0.6 is 0 Å². The number of allylic oxidation sites excluding steroid dienone is 3. The minimum absolute atomic E-state index is 1.21. The summed E-state index contributed by atoms with van der Waals surface area (Å²) in [6.07, 6.45) is 14.5. The topological polar surface area (TPSA) is 0 Å². The number of hydrogen-bond donors (Lipinski definition) is 0. The summed E-state index contributed by atoms with van der Waals surface area (Å²) in [6, 6.07) is 0. The average Bonchev–Trinajstić information content (AvgIpc) is 2.30. The molecule has 0 amide bonds. The molecule has 0 N–H and O–H groups in total. The first-order chi connectivity index (χ1) is 8.18. The summed E-state index contributed by atoms with van der Waals surface area (Å²) in [5, 5.41) is 0. The van der Waals surface area contributed by atoms with Crippen molar-refractivity contribution in [2.45, 2.75) is 65.8 Å². The van der Waals surface area contributed by atoms with Crippen molar-refractivity contribution in [3.63, 3.8) is 0 Å². The molecule has 0 unspecified atom stereocenters.